The van der Waals surface area contributed by atoms with Gasteiger partial charge in [0, 0.05) is 18.1 Å². The first-order chi connectivity index (χ1) is 10.1. The molecular weight excluding hydrogens is 264 g/mol. The Hall–Kier alpha value is -0.610. The van der Waals surface area contributed by atoms with Crippen molar-refractivity contribution in [3.63, 3.8) is 0 Å². The summed E-state index contributed by atoms with van der Waals surface area (Å²) in [6, 6.07) is 1.53. The van der Waals surface area contributed by atoms with Gasteiger partial charge in [0.05, 0.1) is 0 Å². The number of likely N-dealkylation sites (tertiary alicyclic amines) is 1. The summed E-state index contributed by atoms with van der Waals surface area (Å²) >= 11 is 0. The van der Waals surface area contributed by atoms with Crippen LogP contribution in [0.1, 0.15) is 71.1 Å². The number of hydrogen-bond acceptors (Lipinski definition) is 3. The van der Waals surface area contributed by atoms with Crippen molar-refractivity contribution < 1.29 is 9.90 Å². The van der Waals surface area contributed by atoms with Crippen LogP contribution in [0.2, 0.25) is 0 Å². The molecule has 1 saturated heterocycles. The lowest BCUT2D eigenvalue weighted by atomic mass is 9.77. The monoisotopic (exact) mass is 294 g/mol. The SMILES string of the molecule is CC1CCCCCN1C1CCCC(NC2CC2)(C(=O)O)C1. The molecule has 0 aromatic heterocycles. The van der Waals surface area contributed by atoms with Gasteiger partial charge in [0.2, 0.25) is 0 Å². The molecule has 0 radical (unpaired) electrons. The summed E-state index contributed by atoms with van der Waals surface area (Å²) in [6.45, 7) is 3.49. The van der Waals surface area contributed by atoms with Crippen molar-refractivity contribution in [3.8, 4) is 0 Å². The van der Waals surface area contributed by atoms with Crippen LogP contribution >= 0.6 is 0 Å². The minimum absolute atomic E-state index is 0.453. The summed E-state index contributed by atoms with van der Waals surface area (Å²) in [5, 5.41) is 13.3. The average Bonchev–Trinajstić information content (AvgIpc) is 3.27. The summed E-state index contributed by atoms with van der Waals surface area (Å²) in [6.07, 6.45) is 11.3. The topological polar surface area (TPSA) is 52.6 Å². The number of hydrogen-bond donors (Lipinski definition) is 2. The Bertz CT molecular complexity index is 383. The van der Waals surface area contributed by atoms with Crippen molar-refractivity contribution in [2.24, 2.45) is 0 Å². The van der Waals surface area contributed by atoms with Crippen LogP contribution < -0.4 is 5.32 Å². The average molecular weight is 294 g/mol. The van der Waals surface area contributed by atoms with E-state index in [-0.39, 0.29) is 0 Å². The number of rotatable bonds is 4. The van der Waals surface area contributed by atoms with E-state index in [9.17, 15) is 9.90 Å². The van der Waals surface area contributed by atoms with Crippen LogP contribution in [-0.2, 0) is 4.79 Å². The normalized spacial score (nSPS) is 38.9. The molecular formula is C17H30N2O2. The third kappa shape index (κ3) is 3.42. The highest BCUT2D eigenvalue weighted by Crippen LogP contribution is 2.36. The van der Waals surface area contributed by atoms with Gasteiger partial charge in [0.1, 0.15) is 5.54 Å². The Labute approximate surface area is 128 Å². The minimum Gasteiger partial charge on any atom is -0.480 e. The lowest BCUT2D eigenvalue weighted by molar-refractivity contribution is -0.147. The molecule has 21 heavy (non-hydrogen) atoms. The molecule has 120 valence electrons. The molecule has 2 N–H and O–H groups in total. The molecule has 0 aromatic carbocycles. The quantitative estimate of drug-likeness (QED) is 0.837. The first kappa shape index (κ1) is 15.3. The predicted molar refractivity (Wildman–Crippen MR) is 83.4 cm³/mol. The molecule has 0 aromatic rings. The van der Waals surface area contributed by atoms with Gasteiger partial charge >= 0.3 is 5.97 Å². The number of nitrogens with zero attached hydrogens (tertiary/aromatic N) is 1. The number of carbonyl (C=O) groups is 1. The second-order valence-corrected chi connectivity index (χ2v) is 7.49. The first-order valence-electron chi connectivity index (χ1n) is 8.87. The first-order valence-corrected chi connectivity index (χ1v) is 8.87. The zero-order valence-corrected chi connectivity index (χ0v) is 13.3. The predicted octanol–water partition coefficient (Wildman–Crippen LogP) is 2.77. The molecule has 4 heteroatoms. The van der Waals surface area contributed by atoms with Crippen LogP contribution in [-0.4, -0.2) is 46.2 Å². The van der Waals surface area contributed by atoms with Gasteiger partial charge < -0.3 is 5.11 Å². The van der Waals surface area contributed by atoms with Gasteiger partial charge in [0.15, 0.2) is 0 Å². The van der Waals surface area contributed by atoms with Crippen molar-refractivity contribution >= 4 is 5.97 Å². The smallest absolute Gasteiger partial charge is 0.323 e. The summed E-state index contributed by atoms with van der Waals surface area (Å²) in [5.41, 5.74) is -0.657. The molecule has 3 aliphatic rings. The third-order valence-electron chi connectivity index (χ3n) is 5.77. The van der Waals surface area contributed by atoms with Crippen molar-refractivity contribution in [1.29, 1.82) is 0 Å². The van der Waals surface area contributed by atoms with Gasteiger partial charge in [-0.2, -0.15) is 0 Å². The highest BCUT2D eigenvalue weighted by atomic mass is 16.4. The van der Waals surface area contributed by atoms with Crippen LogP contribution in [0.25, 0.3) is 0 Å². The van der Waals surface area contributed by atoms with E-state index >= 15 is 0 Å². The fraction of sp³-hybridized carbons (Fsp3) is 0.941. The lowest BCUT2D eigenvalue weighted by Crippen LogP contribution is -2.59. The highest BCUT2D eigenvalue weighted by Gasteiger charge is 2.47. The zero-order chi connectivity index (χ0) is 14.9. The number of carboxylic acids is 1. The fourth-order valence-corrected chi connectivity index (χ4v) is 4.37. The standard InChI is InChI=1S/C17H30N2O2/c1-13-6-3-2-4-11-19(13)15-7-5-10-17(12-15,16(20)21)18-14-8-9-14/h13-15,18H,2-12H2,1H3,(H,20,21). The van der Waals surface area contributed by atoms with Gasteiger partial charge in [-0.1, -0.05) is 12.8 Å². The number of aliphatic carboxylic acids is 1. The Morgan fingerprint density at radius 3 is 2.67 bits per heavy atom. The maximum atomic E-state index is 11.9. The Morgan fingerprint density at radius 1 is 1.14 bits per heavy atom. The van der Waals surface area contributed by atoms with Crippen molar-refractivity contribution in [2.75, 3.05) is 6.54 Å². The van der Waals surface area contributed by atoms with E-state index in [2.05, 4.69) is 17.1 Å². The van der Waals surface area contributed by atoms with E-state index in [1.54, 1.807) is 0 Å². The summed E-state index contributed by atoms with van der Waals surface area (Å²) in [4.78, 5) is 14.6. The number of nitrogens with one attached hydrogen (secondary N) is 1. The van der Waals surface area contributed by atoms with E-state index in [4.69, 9.17) is 0 Å². The van der Waals surface area contributed by atoms with Crippen LogP contribution in [0.15, 0.2) is 0 Å². The Kier molecular flexibility index (Phi) is 4.55. The molecule has 1 aliphatic heterocycles. The molecule has 1 heterocycles. The van der Waals surface area contributed by atoms with Crippen LogP contribution in [0.3, 0.4) is 0 Å². The molecule has 0 spiro atoms. The van der Waals surface area contributed by atoms with Crippen molar-refractivity contribution in [2.45, 2.75) is 94.8 Å². The van der Waals surface area contributed by atoms with E-state index in [1.165, 1.54) is 32.1 Å². The molecule has 3 atom stereocenters. The largest absolute Gasteiger partial charge is 0.480 e. The molecule has 4 nitrogen and oxygen atoms in total. The Balaban J connectivity index is 1.71. The number of carboxylic acid groups (broad SMARTS) is 1. The molecule has 2 saturated carbocycles. The molecule has 2 aliphatic carbocycles. The molecule has 3 unspecified atom stereocenters. The van der Waals surface area contributed by atoms with Crippen LogP contribution in [0.4, 0.5) is 0 Å². The second-order valence-electron chi connectivity index (χ2n) is 7.49. The van der Waals surface area contributed by atoms with E-state index in [0.29, 0.717) is 18.1 Å². The highest BCUT2D eigenvalue weighted by molar-refractivity contribution is 5.79. The maximum Gasteiger partial charge on any atom is 0.323 e. The minimum atomic E-state index is -0.657. The zero-order valence-electron chi connectivity index (χ0n) is 13.3. The maximum absolute atomic E-state index is 11.9. The van der Waals surface area contributed by atoms with E-state index in [1.807, 2.05) is 0 Å². The molecule has 3 fully saturated rings. The van der Waals surface area contributed by atoms with Gasteiger partial charge in [0.25, 0.3) is 0 Å². The van der Waals surface area contributed by atoms with Gasteiger partial charge in [-0.05, 0) is 64.8 Å². The fourth-order valence-electron chi connectivity index (χ4n) is 4.37. The van der Waals surface area contributed by atoms with Crippen LogP contribution in [0.5, 0.6) is 0 Å². The lowest BCUT2D eigenvalue weighted by Gasteiger charge is -2.44. The van der Waals surface area contributed by atoms with E-state index < -0.39 is 11.5 Å². The summed E-state index contributed by atoms with van der Waals surface area (Å²) in [7, 11) is 0. The van der Waals surface area contributed by atoms with Gasteiger partial charge in [-0.3, -0.25) is 15.0 Å². The van der Waals surface area contributed by atoms with Crippen LogP contribution in [0, 0.1) is 0 Å². The van der Waals surface area contributed by atoms with Crippen molar-refractivity contribution in [1.82, 2.24) is 10.2 Å². The molecule has 3 rings (SSSR count). The summed E-state index contributed by atoms with van der Waals surface area (Å²) in [5.74, 6) is -0.624. The van der Waals surface area contributed by atoms with Gasteiger partial charge in [-0.25, -0.2) is 0 Å². The molecule has 0 bridgehead atoms. The van der Waals surface area contributed by atoms with Crippen molar-refractivity contribution in [3.05, 3.63) is 0 Å². The van der Waals surface area contributed by atoms with E-state index in [0.717, 1.165) is 38.6 Å². The van der Waals surface area contributed by atoms with Gasteiger partial charge in [-0.15, -0.1) is 0 Å². The Morgan fingerprint density at radius 2 is 1.95 bits per heavy atom. The third-order valence-corrected chi connectivity index (χ3v) is 5.77. The second kappa shape index (κ2) is 6.25. The molecule has 0 amide bonds. The summed E-state index contributed by atoms with van der Waals surface area (Å²) < 4.78 is 0.